The van der Waals surface area contributed by atoms with Gasteiger partial charge in [0.2, 0.25) is 5.91 Å². The first kappa shape index (κ1) is 16.3. The lowest BCUT2D eigenvalue weighted by Crippen LogP contribution is -2.66. The zero-order valence-electron chi connectivity index (χ0n) is 15.6. The lowest BCUT2D eigenvalue weighted by molar-refractivity contribution is -0.171. The van der Waals surface area contributed by atoms with E-state index in [1.807, 2.05) is 24.1 Å². The van der Waals surface area contributed by atoms with Gasteiger partial charge in [-0.3, -0.25) is 4.79 Å². The number of aromatic nitrogens is 2. The standard InChI is InChI=1S/C21H27N3O2/c1-14-6-16-4-3-5-22-18(16)24(14)11-15-7-21(8-15)12-23(13-21)19(25)17-9-20(2,26)10-17/h3-6,15,17,26H,7-13H2,1-2H3/t17-,20+. The smallest absolute Gasteiger partial charge is 0.225 e. The molecule has 1 N–H and O–H groups in total. The minimum absolute atomic E-state index is 0.0539. The van der Waals surface area contributed by atoms with Crippen molar-refractivity contribution in [3.63, 3.8) is 0 Å². The van der Waals surface area contributed by atoms with Gasteiger partial charge in [0.1, 0.15) is 5.65 Å². The van der Waals surface area contributed by atoms with Gasteiger partial charge in [0, 0.05) is 48.2 Å². The number of nitrogens with zero attached hydrogens (tertiary/aromatic N) is 3. The van der Waals surface area contributed by atoms with Crippen molar-refractivity contribution in [2.45, 2.75) is 51.7 Å². The Morgan fingerprint density at radius 3 is 2.73 bits per heavy atom. The summed E-state index contributed by atoms with van der Waals surface area (Å²) in [6.45, 7) is 6.86. The van der Waals surface area contributed by atoms with Crippen LogP contribution in [0, 0.1) is 24.2 Å². The number of aryl methyl sites for hydroxylation is 1. The van der Waals surface area contributed by atoms with Crippen molar-refractivity contribution in [3.8, 4) is 0 Å². The Morgan fingerprint density at radius 1 is 1.31 bits per heavy atom. The monoisotopic (exact) mass is 353 g/mol. The van der Waals surface area contributed by atoms with Crippen LogP contribution in [0.25, 0.3) is 11.0 Å². The van der Waals surface area contributed by atoms with Gasteiger partial charge in [0.05, 0.1) is 5.60 Å². The molecule has 3 heterocycles. The van der Waals surface area contributed by atoms with Crippen molar-refractivity contribution in [2.24, 2.45) is 17.3 Å². The minimum Gasteiger partial charge on any atom is -0.390 e. The molecule has 0 atom stereocenters. The van der Waals surface area contributed by atoms with Crippen LogP contribution in [0.5, 0.6) is 0 Å². The van der Waals surface area contributed by atoms with Gasteiger partial charge in [-0.2, -0.15) is 0 Å². The molecule has 2 aromatic rings. The van der Waals surface area contributed by atoms with Crippen molar-refractivity contribution in [1.29, 1.82) is 0 Å². The Kier molecular flexibility index (Phi) is 3.34. The van der Waals surface area contributed by atoms with Crippen molar-refractivity contribution in [3.05, 3.63) is 30.1 Å². The predicted octanol–water partition coefficient (Wildman–Crippen LogP) is 2.74. The molecular formula is C21H27N3O2. The number of fused-ring (bicyclic) bond motifs is 1. The van der Waals surface area contributed by atoms with Crippen LogP contribution in [0.4, 0.5) is 0 Å². The van der Waals surface area contributed by atoms with Crippen molar-refractivity contribution in [1.82, 2.24) is 14.5 Å². The first-order valence-corrected chi connectivity index (χ1v) is 9.76. The number of pyridine rings is 1. The topological polar surface area (TPSA) is 58.4 Å². The third kappa shape index (κ3) is 2.48. The number of hydrogen-bond donors (Lipinski definition) is 1. The maximum absolute atomic E-state index is 12.5. The molecule has 26 heavy (non-hydrogen) atoms. The molecule has 0 aromatic carbocycles. The molecule has 0 bridgehead atoms. The van der Waals surface area contributed by atoms with Crippen LogP contribution < -0.4 is 0 Å². The SMILES string of the molecule is Cc1cc2cccnc2n1CC1CC2(C1)CN(C(=O)[C@H]1C[C@@](C)(O)C1)C2. The predicted molar refractivity (Wildman–Crippen MR) is 99.6 cm³/mol. The molecule has 0 radical (unpaired) electrons. The highest BCUT2D eigenvalue weighted by Crippen LogP contribution is 2.53. The summed E-state index contributed by atoms with van der Waals surface area (Å²) in [5.74, 6) is 1.01. The summed E-state index contributed by atoms with van der Waals surface area (Å²) in [6, 6.07) is 6.33. The lowest BCUT2D eigenvalue weighted by Gasteiger charge is -2.60. The second-order valence-corrected chi connectivity index (χ2v) is 9.38. The summed E-state index contributed by atoms with van der Waals surface area (Å²) in [5.41, 5.74) is 2.13. The molecule has 5 rings (SSSR count). The van der Waals surface area contributed by atoms with Crippen molar-refractivity contribution >= 4 is 16.9 Å². The molecule has 2 aliphatic carbocycles. The van der Waals surface area contributed by atoms with E-state index in [1.54, 1.807) is 0 Å². The van der Waals surface area contributed by atoms with Crippen molar-refractivity contribution in [2.75, 3.05) is 13.1 Å². The first-order valence-electron chi connectivity index (χ1n) is 9.76. The summed E-state index contributed by atoms with van der Waals surface area (Å²) < 4.78 is 2.35. The van der Waals surface area contributed by atoms with Gasteiger partial charge >= 0.3 is 0 Å². The Hall–Kier alpha value is -1.88. The molecule has 2 saturated carbocycles. The van der Waals surface area contributed by atoms with E-state index in [0.717, 1.165) is 25.3 Å². The number of likely N-dealkylation sites (tertiary alicyclic amines) is 1. The summed E-state index contributed by atoms with van der Waals surface area (Å²) in [4.78, 5) is 19.0. The van der Waals surface area contributed by atoms with Gasteiger partial charge in [0.15, 0.2) is 0 Å². The van der Waals surface area contributed by atoms with Gasteiger partial charge in [-0.05, 0) is 63.6 Å². The van der Waals surface area contributed by atoms with Gasteiger partial charge in [-0.1, -0.05) is 0 Å². The Balaban J connectivity index is 1.16. The summed E-state index contributed by atoms with van der Waals surface area (Å²) in [7, 11) is 0. The molecule has 1 spiro atoms. The highest BCUT2D eigenvalue weighted by Gasteiger charge is 2.55. The second-order valence-electron chi connectivity index (χ2n) is 9.38. The molecule has 5 nitrogen and oxygen atoms in total. The Labute approximate surface area is 154 Å². The van der Waals surface area contributed by atoms with Crippen LogP contribution in [0.1, 0.15) is 38.3 Å². The molecule has 1 amide bonds. The van der Waals surface area contributed by atoms with E-state index in [4.69, 9.17) is 0 Å². The molecule has 3 fully saturated rings. The van der Waals surface area contributed by atoms with Crippen molar-refractivity contribution < 1.29 is 9.90 Å². The van der Waals surface area contributed by atoms with E-state index < -0.39 is 5.60 Å². The zero-order valence-corrected chi connectivity index (χ0v) is 15.6. The Bertz CT molecular complexity index is 863. The maximum atomic E-state index is 12.5. The average molecular weight is 353 g/mol. The van der Waals surface area contributed by atoms with Gasteiger partial charge in [-0.25, -0.2) is 4.98 Å². The van der Waals surface area contributed by atoms with E-state index in [2.05, 4.69) is 28.6 Å². The van der Waals surface area contributed by atoms with Gasteiger partial charge in [0.25, 0.3) is 0 Å². The van der Waals surface area contributed by atoms with Crippen LogP contribution in [-0.4, -0.2) is 44.2 Å². The van der Waals surface area contributed by atoms with E-state index >= 15 is 0 Å². The van der Waals surface area contributed by atoms with Crippen LogP contribution >= 0.6 is 0 Å². The largest absolute Gasteiger partial charge is 0.390 e. The molecular weight excluding hydrogens is 326 g/mol. The summed E-state index contributed by atoms with van der Waals surface area (Å²) in [5, 5.41) is 11.1. The Morgan fingerprint density at radius 2 is 2.04 bits per heavy atom. The molecule has 5 heteroatoms. The lowest BCUT2D eigenvalue weighted by atomic mass is 9.57. The highest BCUT2D eigenvalue weighted by atomic mass is 16.3. The third-order valence-corrected chi connectivity index (χ3v) is 6.83. The minimum atomic E-state index is -0.615. The molecule has 1 saturated heterocycles. The van der Waals surface area contributed by atoms with Crippen LogP contribution in [0.2, 0.25) is 0 Å². The number of hydrogen-bond acceptors (Lipinski definition) is 3. The fourth-order valence-corrected chi connectivity index (χ4v) is 5.61. The quantitative estimate of drug-likeness (QED) is 0.923. The molecule has 138 valence electrons. The highest BCUT2D eigenvalue weighted by molar-refractivity contribution is 5.81. The van der Waals surface area contributed by atoms with Crippen LogP contribution in [0.15, 0.2) is 24.4 Å². The maximum Gasteiger partial charge on any atom is 0.225 e. The number of rotatable bonds is 3. The normalized spacial score (nSPS) is 30.1. The number of amides is 1. The van der Waals surface area contributed by atoms with Crippen LogP contribution in [-0.2, 0) is 11.3 Å². The number of carbonyl (C=O) groups excluding carboxylic acids is 1. The second kappa shape index (κ2) is 5.32. The number of carbonyl (C=O) groups is 1. The summed E-state index contributed by atoms with van der Waals surface area (Å²) in [6.07, 6.45) is 5.56. The van der Waals surface area contributed by atoms with E-state index in [9.17, 15) is 9.90 Å². The molecule has 1 aliphatic heterocycles. The zero-order chi connectivity index (χ0) is 18.1. The van der Waals surface area contributed by atoms with E-state index in [0.29, 0.717) is 24.2 Å². The number of aliphatic hydroxyl groups is 1. The average Bonchev–Trinajstić information content (AvgIpc) is 2.81. The first-order chi connectivity index (χ1) is 12.3. The van der Waals surface area contributed by atoms with Gasteiger partial charge < -0.3 is 14.6 Å². The fraction of sp³-hybridized carbons (Fsp3) is 0.619. The summed E-state index contributed by atoms with van der Waals surface area (Å²) >= 11 is 0. The van der Waals surface area contributed by atoms with Gasteiger partial charge in [-0.15, -0.1) is 0 Å². The molecule has 0 unspecified atom stereocenters. The van der Waals surface area contributed by atoms with E-state index in [-0.39, 0.29) is 11.8 Å². The molecule has 2 aromatic heterocycles. The van der Waals surface area contributed by atoms with E-state index in [1.165, 1.54) is 23.9 Å². The molecule has 3 aliphatic rings. The van der Waals surface area contributed by atoms with Crippen LogP contribution in [0.3, 0.4) is 0 Å². The third-order valence-electron chi connectivity index (χ3n) is 6.83. The fourth-order valence-electron chi connectivity index (χ4n) is 5.61.